The Balaban J connectivity index is 1.57. The van der Waals surface area contributed by atoms with Crippen LogP contribution in [0, 0.1) is 5.82 Å². The molecule has 0 aliphatic carbocycles. The Bertz CT molecular complexity index is 1140. The van der Waals surface area contributed by atoms with Gasteiger partial charge in [0.15, 0.2) is 0 Å². The molecule has 0 saturated carbocycles. The number of hydrogen-bond acceptors (Lipinski definition) is 4. The molecule has 0 bridgehead atoms. The van der Waals surface area contributed by atoms with Crippen LogP contribution >= 0.6 is 0 Å². The summed E-state index contributed by atoms with van der Waals surface area (Å²) in [6.45, 7) is 0.805. The SMILES string of the molecule is Nc1ccc(-c2nc3c(c(=O)[nH]2)CN(Cc2cc(F)cc(C(F)(F)F)c2)CC3)cc1. The van der Waals surface area contributed by atoms with Gasteiger partial charge in [0.1, 0.15) is 11.6 Å². The van der Waals surface area contributed by atoms with Crippen LogP contribution in [0.1, 0.15) is 22.4 Å². The molecule has 3 aromatic rings. The number of alkyl halides is 3. The summed E-state index contributed by atoms with van der Waals surface area (Å²) in [5.41, 5.74) is 7.00. The number of nitrogens with zero attached hydrogens (tertiary/aromatic N) is 2. The molecule has 0 fully saturated rings. The molecule has 5 nitrogen and oxygen atoms in total. The van der Waals surface area contributed by atoms with Crippen molar-refractivity contribution in [3.63, 3.8) is 0 Å². The number of aromatic nitrogens is 2. The molecular formula is C21H18F4N4O. The summed E-state index contributed by atoms with van der Waals surface area (Å²) in [5, 5.41) is 0. The van der Waals surface area contributed by atoms with Crippen molar-refractivity contribution < 1.29 is 17.6 Å². The summed E-state index contributed by atoms with van der Waals surface area (Å²) < 4.78 is 52.5. The number of rotatable bonds is 3. The number of nitrogens with one attached hydrogen (secondary N) is 1. The second-order valence-corrected chi connectivity index (χ2v) is 7.27. The van der Waals surface area contributed by atoms with E-state index < -0.39 is 17.6 Å². The van der Waals surface area contributed by atoms with Crippen LogP contribution < -0.4 is 11.3 Å². The van der Waals surface area contributed by atoms with Crippen molar-refractivity contribution in [3.8, 4) is 11.4 Å². The predicted molar refractivity (Wildman–Crippen MR) is 104 cm³/mol. The average molecular weight is 418 g/mol. The molecule has 1 aromatic heterocycles. The Morgan fingerprint density at radius 2 is 1.87 bits per heavy atom. The second-order valence-electron chi connectivity index (χ2n) is 7.27. The molecule has 2 heterocycles. The van der Waals surface area contributed by atoms with E-state index in [1.54, 1.807) is 29.2 Å². The van der Waals surface area contributed by atoms with Gasteiger partial charge in [-0.15, -0.1) is 0 Å². The minimum Gasteiger partial charge on any atom is -0.399 e. The van der Waals surface area contributed by atoms with Gasteiger partial charge in [0.25, 0.3) is 5.56 Å². The maximum Gasteiger partial charge on any atom is 0.416 e. The highest BCUT2D eigenvalue weighted by Gasteiger charge is 2.31. The first-order valence-corrected chi connectivity index (χ1v) is 9.26. The molecule has 30 heavy (non-hydrogen) atoms. The number of halogens is 4. The molecule has 0 radical (unpaired) electrons. The Hall–Kier alpha value is -3.20. The van der Waals surface area contributed by atoms with E-state index in [2.05, 4.69) is 9.97 Å². The standard InChI is InChI=1S/C21H18F4N4O/c22-15-8-12(7-14(9-15)21(23,24)25)10-29-6-5-18-17(11-29)20(30)28-19(27-18)13-1-3-16(26)4-2-13/h1-4,7-9H,5-6,10-11,26H2,(H,27,28,30). The fraction of sp³-hybridized carbons (Fsp3) is 0.238. The van der Waals surface area contributed by atoms with Crippen molar-refractivity contribution >= 4 is 5.69 Å². The molecule has 0 atom stereocenters. The molecule has 3 N–H and O–H groups in total. The van der Waals surface area contributed by atoms with Gasteiger partial charge in [-0.2, -0.15) is 13.2 Å². The summed E-state index contributed by atoms with van der Waals surface area (Å²) >= 11 is 0. The number of benzene rings is 2. The van der Waals surface area contributed by atoms with E-state index in [4.69, 9.17) is 5.73 Å². The van der Waals surface area contributed by atoms with E-state index in [1.165, 1.54) is 0 Å². The van der Waals surface area contributed by atoms with Crippen LogP contribution in [0.25, 0.3) is 11.4 Å². The molecule has 156 valence electrons. The number of hydrogen-bond donors (Lipinski definition) is 2. The largest absolute Gasteiger partial charge is 0.416 e. The second kappa shape index (κ2) is 7.56. The highest BCUT2D eigenvalue weighted by atomic mass is 19.4. The summed E-state index contributed by atoms with van der Waals surface area (Å²) in [5.74, 6) is -0.503. The molecule has 1 aliphatic heterocycles. The van der Waals surface area contributed by atoms with E-state index in [1.807, 2.05) is 0 Å². The lowest BCUT2D eigenvalue weighted by molar-refractivity contribution is -0.137. The summed E-state index contributed by atoms with van der Waals surface area (Å²) in [4.78, 5) is 21.7. The number of fused-ring (bicyclic) bond motifs is 1. The third-order valence-corrected chi connectivity index (χ3v) is 5.02. The molecule has 0 saturated heterocycles. The summed E-state index contributed by atoms with van der Waals surface area (Å²) in [6.07, 6.45) is -4.16. The zero-order valence-corrected chi connectivity index (χ0v) is 15.8. The number of nitrogens with two attached hydrogens (primary N) is 1. The highest BCUT2D eigenvalue weighted by Crippen LogP contribution is 2.31. The van der Waals surface area contributed by atoms with Crippen molar-refractivity contribution in [2.45, 2.75) is 25.7 Å². The smallest absolute Gasteiger partial charge is 0.399 e. The van der Waals surface area contributed by atoms with E-state index >= 15 is 0 Å². The third kappa shape index (κ3) is 4.20. The van der Waals surface area contributed by atoms with Gasteiger partial charge < -0.3 is 10.7 Å². The van der Waals surface area contributed by atoms with E-state index in [-0.39, 0.29) is 24.2 Å². The maximum atomic E-state index is 13.7. The van der Waals surface area contributed by atoms with Crippen LogP contribution in [0.4, 0.5) is 23.2 Å². The summed E-state index contributed by atoms with van der Waals surface area (Å²) in [7, 11) is 0. The molecule has 0 spiro atoms. The number of nitrogen functional groups attached to an aromatic ring is 1. The van der Waals surface area contributed by atoms with Gasteiger partial charge in [0.2, 0.25) is 0 Å². The fourth-order valence-corrected chi connectivity index (χ4v) is 3.56. The van der Waals surface area contributed by atoms with Gasteiger partial charge in [-0.25, -0.2) is 9.37 Å². The van der Waals surface area contributed by atoms with E-state index in [0.29, 0.717) is 41.8 Å². The topological polar surface area (TPSA) is 75.0 Å². The van der Waals surface area contributed by atoms with Crippen molar-refractivity contribution in [1.29, 1.82) is 0 Å². The van der Waals surface area contributed by atoms with Gasteiger partial charge in [-0.05, 0) is 48.0 Å². The number of anilines is 1. The average Bonchev–Trinajstić information content (AvgIpc) is 2.68. The van der Waals surface area contributed by atoms with Crippen molar-refractivity contribution in [2.24, 2.45) is 0 Å². The molecule has 9 heteroatoms. The normalized spacial score (nSPS) is 14.5. The van der Waals surface area contributed by atoms with Crippen LogP contribution in [0.3, 0.4) is 0 Å². The lowest BCUT2D eigenvalue weighted by Gasteiger charge is -2.28. The first-order valence-electron chi connectivity index (χ1n) is 9.26. The minimum absolute atomic E-state index is 0.0967. The predicted octanol–water partition coefficient (Wildman–Crippen LogP) is 3.74. The van der Waals surface area contributed by atoms with Crippen molar-refractivity contribution in [2.75, 3.05) is 12.3 Å². The van der Waals surface area contributed by atoms with Crippen LogP contribution in [0.15, 0.2) is 47.3 Å². The highest BCUT2D eigenvalue weighted by molar-refractivity contribution is 5.58. The van der Waals surface area contributed by atoms with Crippen molar-refractivity contribution in [3.05, 3.63) is 81.0 Å². The summed E-state index contributed by atoms with van der Waals surface area (Å²) in [6, 6.07) is 9.44. The Labute approximate surface area is 169 Å². The van der Waals surface area contributed by atoms with Crippen LogP contribution in [0.2, 0.25) is 0 Å². The molecule has 2 aromatic carbocycles. The quantitative estimate of drug-likeness (QED) is 0.502. The van der Waals surface area contributed by atoms with Crippen LogP contribution in [-0.2, 0) is 25.7 Å². The Morgan fingerprint density at radius 3 is 2.57 bits per heavy atom. The lowest BCUT2D eigenvalue weighted by Crippen LogP contribution is -2.35. The van der Waals surface area contributed by atoms with Crippen LogP contribution in [-0.4, -0.2) is 21.4 Å². The number of H-pyrrole nitrogens is 1. The Morgan fingerprint density at radius 1 is 1.13 bits per heavy atom. The molecule has 0 unspecified atom stereocenters. The first-order chi connectivity index (χ1) is 14.2. The molecular weight excluding hydrogens is 400 g/mol. The van der Waals surface area contributed by atoms with Gasteiger partial charge in [0, 0.05) is 37.3 Å². The lowest BCUT2D eigenvalue weighted by atomic mass is 10.0. The molecule has 1 aliphatic rings. The first kappa shape index (κ1) is 20.1. The third-order valence-electron chi connectivity index (χ3n) is 5.02. The maximum absolute atomic E-state index is 13.7. The molecule has 4 rings (SSSR count). The van der Waals surface area contributed by atoms with Crippen molar-refractivity contribution in [1.82, 2.24) is 14.9 Å². The Kier molecular flexibility index (Phi) is 5.07. The van der Waals surface area contributed by atoms with E-state index in [0.717, 1.165) is 17.7 Å². The van der Waals surface area contributed by atoms with Gasteiger partial charge in [-0.1, -0.05) is 0 Å². The van der Waals surface area contributed by atoms with Gasteiger partial charge in [-0.3, -0.25) is 9.69 Å². The van der Waals surface area contributed by atoms with Gasteiger partial charge in [0.05, 0.1) is 16.8 Å². The zero-order valence-electron chi connectivity index (χ0n) is 15.8. The minimum atomic E-state index is -4.62. The monoisotopic (exact) mass is 418 g/mol. The van der Waals surface area contributed by atoms with Crippen LogP contribution in [0.5, 0.6) is 0 Å². The fourth-order valence-electron chi connectivity index (χ4n) is 3.56. The molecule has 0 amide bonds. The zero-order chi connectivity index (χ0) is 21.5. The number of aromatic amines is 1. The van der Waals surface area contributed by atoms with E-state index in [9.17, 15) is 22.4 Å². The van der Waals surface area contributed by atoms with Gasteiger partial charge >= 0.3 is 6.18 Å².